The van der Waals surface area contributed by atoms with Crippen molar-refractivity contribution in [2.45, 2.75) is 0 Å². The van der Waals surface area contributed by atoms with Crippen molar-refractivity contribution in [2.75, 3.05) is 12.4 Å². The van der Waals surface area contributed by atoms with Crippen molar-refractivity contribution in [3.8, 4) is 0 Å². The Morgan fingerprint density at radius 2 is 2.00 bits per heavy atom. The van der Waals surface area contributed by atoms with Gasteiger partial charge in [-0.05, 0) is 12.1 Å². The summed E-state index contributed by atoms with van der Waals surface area (Å²) < 4.78 is 0. The van der Waals surface area contributed by atoms with Crippen LogP contribution in [-0.2, 0) is 0 Å². The Kier molecular flexibility index (Phi) is 7.28. The molecule has 0 atom stereocenters. The third-order valence-corrected chi connectivity index (χ3v) is 2.11. The Labute approximate surface area is 93.8 Å². The summed E-state index contributed by atoms with van der Waals surface area (Å²) in [4.78, 5) is 4.14. The normalized spacial score (nSPS) is 10.8. The molecule has 78 valence electrons. The number of thioether (sulfide) groups is 1. The summed E-state index contributed by atoms with van der Waals surface area (Å²) in [5.74, 6) is 0.585. The average Bonchev–Trinajstić information content (AvgIpc) is 2.16. The molecule has 14 heavy (non-hydrogen) atoms. The molecule has 0 radical (unpaired) electrons. The van der Waals surface area contributed by atoms with Crippen molar-refractivity contribution in [2.24, 2.45) is 10.7 Å². The van der Waals surface area contributed by atoms with E-state index in [-0.39, 0.29) is 19.0 Å². The van der Waals surface area contributed by atoms with E-state index < -0.39 is 0 Å². The molecule has 0 fully saturated rings. The molecule has 0 unspecified atom stereocenters. The standard InChI is InChI=1S/C9H12N2OS.ClH/c10-9(13-7-6-12)11-8-4-2-1-3-5-8;/h1-5,12H,6-7H2,(H2,10,11);1H. The Morgan fingerprint density at radius 1 is 1.36 bits per heavy atom. The van der Waals surface area contributed by atoms with Crippen molar-refractivity contribution in [3.05, 3.63) is 30.3 Å². The molecule has 3 nitrogen and oxygen atoms in total. The predicted molar refractivity (Wildman–Crippen MR) is 64.5 cm³/mol. The number of amidine groups is 1. The van der Waals surface area contributed by atoms with Crippen molar-refractivity contribution >= 4 is 35.0 Å². The molecule has 0 aromatic heterocycles. The van der Waals surface area contributed by atoms with Gasteiger partial charge in [-0.25, -0.2) is 4.99 Å². The van der Waals surface area contributed by atoms with E-state index >= 15 is 0 Å². The Hall–Kier alpha value is -0.710. The van der Waals surface area contributed by atoms with Gasteiger partial charge >= 0.3 is 0 Å². The Bertz CT molecular complexity index is 279. The van der Waals surface area contributed by atoms with Gasteiger partial charge < -0.3 is 10.8 Å². The fourth-order valence-corrected chi connectivity index (χ4v) is 1.28. The number of aliphatic hydroxyl groups is 1. The minimum Gasteiger partial charge on any atom is -0.396 e. The summed E-state index contributed by atoms with van der Waals surface area (Å²) in [5, 5.41) is 9.04. The third kappa shape index (κ3) is 5.11. The van der Waals surface area contributed by atoms with Gasteiger partial charge in [0.25, 0.3) is 0 Å². The minimum absolute atomic E-state index is 0. The summed E-state index contributed by atoms with van der Waals surface area (Å²) in [5.41, 5.74) is 6.43. The van der Waals surface area contributed by atoms with Crippen LogP contribution in [0.5, 0.6) is 0 Å². The quantitative estimate of drug-likeness (QED) is 0.617. The number of para-hydroxylation sites is 1. The maximum atomic E-state index is 8.55. The summed E-state index contributed by atoms with van der Waals surface area (Å²) >= 11 is 1.35. The summed E-state index contributed by atoms with van der Waals surface area (Å²) in [7, 11) is 0. The first-order valence-electron chi connectivity index (χ1n) is 3.96. The zero-order chi connectivity index (χ0) is 9.52. The van der Waals surface area contributed by atoms with E-state index in [0.717, 1.165) is 5.69 Å². The number of aliphatic hydroxyl groups excluding tert-OH is 1. The first kappa shape index (κ1) is 13.3. The van der Waals surface area contributed by atoms with Crippen LogP contribution in [0, 0.1) is 0 Å². The number of hydrogen-bond acceptors (Lipinski definition) is 3. The van der Waals surface area contributed by atoms with Gasteiger partial charge in [0.2, 0.25) is 0 Å². The van der Waals surface area contributed by atoms with Crippen molar-refractivity contribution in [1.82, 2.24) is 0 Å². The Balaban J connectivity index is 0.00000169. The van der Waals surface area contributed by atoms with E-state index in [2.05, 4.69) is 4.99 Å². The van der Waals surface area contributed by atoms with Gasteiger partial charge in [-0.2, -0.15) is 0 Å². The van der Waals surface area contributed by atoms with Crippen LogP contribution in [0.1, 0.15) is 0 Å². The van der Waals surface area contributed by atoms with E-state index in [0.29, 0.717) is 10.9 Å². The monoisotopic (exact) mass is 232 g/mol. The molecule has 5 heteroatoms. The van der Waals surface area contributed by atoms with E-state index in [1.165, 1.54) is 11.8 Å². The number of hydrogen-bond donors (Lipinski definition) is 2. The number of nitrogens with zero attached hydrogens (tertiary/aromatic N) is 1. The molecule has 0 aliphatic heterocycles. The van der Waals surface area contributed by atoms with E-state index in [9.17, 15) is 0 Å². The van der Waals surface area contributed by atoms with Crippen LogP contribution in [-0.4, -0.2) is 22.6 Å². The predicted octanol–water partition coefficient (Wildman–Crippen LogP) is 1.78. The summed E-state index contributed by atoms with van der Waals surface area (Å²) in [6, 6.07) is 9.50. The number of benzene rings is 1. The third-order valence-electron chi connectivity index (χ3n) is 1.34. The highest BCUT2D eigenvalue weighted by atomic mass is 35.5. The van der Waals surface area contributed by atoms with Crippen LogP contribution in [0.25, 0.3) is 0 Å². The summed E-state index contributed by atoms with van der Waals surface area (Å²) in [6.45, 7) is 0.121. The van der Waals surface area contributed by atoms with Crippen LogP contribution < -0.4 is 5.73 Å². The molecule has 0 bridgehead atoms. The average molecular weight is 233 g/mol. The maximum Gasteiger partial charge on any atom is 0.159 e. The molecule has 0 aliphatic rings. The maximum absolute atomic E-state index is 8.55. The molecule has 1 aromatic carbocycles. The molecule has 1 aromatic rings. The van der Waals surface area contributed by atoms with Crippen molar-refractivity contribution in [1.29, 1.82) is 0 Å². The second-order valence-electron chi connectivity index (χ2n) is 2.36. The number of aliphatic imine (C=N–C) groups is 1. The lowest BCUT2D eigenvalue weighted by atomic mass is 10.3. The fraction of sp³-hybridized carbons (Fsp3) is 0.222. The number of nitrogens with two attached hydrogens (primary N) is 1. The van der Waals surface area contributed by atoms with Gasteiger partial charge in [0.15, 0.2) is 5.17 Å². The van der Waals surface area contributed by atoms with Crippen LogP contribution in [0.4, 0.5) is 5.69 Å². The van der Waals surface area contributed by atoms with Crippen LogP contribution in [0.15, 0.2) is 35.3 Å². The van der Waals surface area contributed by atoms with Gasteiger partial charge in [-0.1, -0.05) is 30.0 Å². The smallest absolute Gasteiger partial charge is 0.159 e. The molecule has 0 amide bonds. The molecular formula is C9H13ClN2OS. The molecule has 0 saturated heterocycles. The topological polar surface area (TPSA) is 58.6 Å². The number of halogens is 1. The van der Waals surface area contributed by atoms with Crippen LogP contribution in [0.3, 0.4) is 0 Å². The summed E-state index contributed by atoms with van der Waals surface area (Å²) in [6.07, 6.45) is 0. The minimum atomic E-state index is 0. The molecular weight excluding hydrogens is 220 g/mol. The molecule has 0 saturated carbocycles. The van der Waals surface area contributed by atoms with Gasteiger partial charge in [0.05, 0.1) is 12.3 Å². The van der Waals surface area contributed by atoms with Gasteiger partial charge in [-0.3, -0.25) is 0 Å². The van der Waals surface area contributed by atoms with Gasteiger partial charge in [0, 0.05) is 5.75 Å². The second-order valence-corrected chi connectivity index (χ2v) is 3.47. The lowest BCUT2D eigenvalue weighted by Gasteiger charge is -1.97. The van der Waals surface area contributed by atoms with Gasteiger partial charge in [0.1, 0.15) is 0 Å². The van der Waals surface area contributed by atoms with E-state index in [1.807, 2.05) is 30.3 Å². The Morgan fingerprint density at radius 3 is 2.57 bits per heavy atom. The fourth-order valence-electron chi connectivity index (χ4n) is 0.812. The molecule has 0 heterocycles. The van der Waals surface area contributed by atoms with Crippen LogP contribution in [0.2, 0.25) is 0 Å². The first-order valence-corrected chi connectivity index (χ1v) is 4.94. The zero-order valence-electron chi connectivity index (χ0n) is 7.59. The zero-order valence-corrected chi connectivity index (χ0v) is 9.22. The molecule has 0 spiro atoms. The highest BCUT2D eigenvalue weighted by Crippen LogP contribution is 2.12. The van der Waals surface area contributed by atoms with Gasteiger partial charge in [-0.15, -0.1) is 12.4 Å². The SMILES string of the molecule is Cl.NC(=Nc1ccccc1)SCCO. The highest BCUT2D eigenvalue weighted by Gasteiger charge is 1.93. The second kappa shape index (κ2) is 7.67. The van der Waals surface area contributed by atoms with E-state index in [1.54, 1.807) is 0 Å². The van der Waals surface area contributed by atoms with Crippen LogP contribution >= 0.6 is 24.2 Å². The van der Waals surface area contributed by atoms with Crippen molar-refractivity contribution < 1.29 is 5.11 Å². The molecule has 0 aliphatic carbocycles. The molecule has 3 N–H and O–H groups in total. The van der Waals surface area contributed by atoms with E-state index in [4.69, 9.17) is 10.8 Å². The lowest BCUT2D eigenvalue weighted by Crippen LogP contribution is -2.07. The first-order chi connectivity index (χ1) is 6.33. The molecule has 1 rings (SSSR count). The number of rotatable bonds is 3. The van der Waals surface area contributed by atoms with Crippen molar-refractivity contribution in [3.63, 3.8) is 0 Å². The largest absolute Gasteiger partial charge is 0.396 e. The lowest BCUT2D eigenvalue weighted by molar-refractivity contribution is 0.323. The highest BCUT2D eigenvalue weighted by molar-refractivity contribution is 8.13.